The topological polar surface area (TPSA) is 30.0 Å². The smallest absolute Gasteiger partial charge is 0.297 e. The summed E-state index contributed by atoms with van der Waals surface area (Å²) in [6, 6.07) is 0. The first-order valence-electron chi connectivity index (χ1n) is 3.49. The van der Waals surface area contributed by atoms with E-state index in [9.17, 15) is 18.0 Å². The minimum Gasteiger partial charge on any atom is -0.297 e. The minimum atomic E-state index is -4.38. The summed E-state index contributed by atoms with van der Waals surface area (Å²) in [7, 11) is 0. The van der Waals surface area contributed by atoms with E-state index in [2.05, 4.69) is 20.9 Å². The predicted octanol–water partition coefficient (Wildman–Crippen LogP) is 3.26. The molecule has 0 fully saturated rings. The summed E-state index contributed by atoms with van der Waals surface area (Å²) in [6.07, 6.45) is -3.88. The Bertz CT molecular complexity index is 349. The Labute approximate surface area is 90.3 Å². The van der Waals surface area contributed by atoms with E-state index >= 15 is 0 Å². The van der Waals surface area contributed by atoms with Gasteiger partial charge in [0.1, 0.15) is 5.01 Å². The van der Waals surface area contributed by atoms with Crippen LogP contribution < -0.4 is 0 Å². The number of alkyl halides is 4. The summed E-state index contributed by atoms with van der Waals surface area (Å²) in [4.78, 5) is 12.5. The van der Waals surface area contributed by atoms with Gasteiger partial charge in [-0.15, -0.1) is 11.3 Å². The van der Waals surface area contributed by atoms with Crippen molar-refractivity contribution < 1.29 is 18.0 Å². The number of nitrogens with zero attached hydrogens (tertiary/aromatic N) is 1. The zero-order valence-corrected chi connectivity index (χ0v) is 9.33. The van der Waals surface area contributed by atoms with E-state index < -0.39 is 11.0 Å². The standard InChI is InChI=1S/C7H5BrF3NOS/c1-3-4(2-13)14-6(12-3)5(8)7(9,10)11/h2,5H,1H3. The van der Waals surface area contributed by atoms with Crippen LogP contribution in [0.15, 0.2) is 0 Å². The number of carbonyl (C=O) groups excluding carboxylic acids is 1. The Morgan fingerprint density at radius 3 is 2.50 bits per heavy atom. The van der Waals surface area contributed by atoms with Gasteiger partial charge in [-0.1, -0.05) is 15.9 Å². The molecule has 0 bridgehead atoms. The Hall–Kier alpha value is -0.430. The van der Waals surface area contributed by atoms with Gasteiger partial charge < -0.3 is 0 Å². The van der Waals surface area contributed by atoms with Gasteiger partial charge in [0.15, 0.2) is 11.1 Å². The minimum absolute atomic E-state index is 0.142. The summed E-state index contributed by atoms with van der Waals surface area (Å²) in [5.41, 5.74) is 0.328. The van der Waals surface area contributed by atoms with Crippen molar-refractivity contribution in [1.82, 2.24) is 4.98 Å². The van der Waals surface area contributed by atoms with Crippen LogP contribution in [0.5, 0.6) is 0 Å². The van der Waals surface area contributed by atoms with Crippen LogP contribution in [0, 0.1) is 6.92 Å². The summed E-state index contributed by atoms with van der Waals surface area (Å²) >= 11 is 3.24. The summed E-state index contributed by atoms with van der Waals surface area (Å²) in [5.74, 6) is 0. The number of aromatic nitrogens is 1. The summed E-state index contributed by atoms with van der Waals surface area (Å²) in [6.45, 7) is 1.50. The van der Waals surface area contributed by atoms with E-state index in [-0.39, 0.29) is 9.88 Å². The van der Waals surface area contributed by atoms with E-state index in [1.165, 1.54) is 6.92 Å². The van der Waals surface area contributed by atoms with Crippen molar-refractivity contribution in [1.29, 1.82) is 0 Å². The van der Waals surface area contributed by atoms with Gasteiger partial charge in [0.05, 0.1) is 10.6 Å². The molecular formula is C7H5BrF3NOS. The predicted molar refractivity (Wildman–Crippen MR) is 50.0 cm³/mol. The lowest BCUT2D eigenvalue weighted by molar-refractivity contribution is -0.128. The molecule has 1 atom stereocenters. The first kappa shape index (κ1) is 11.6. The maximum absolute atomic E-state index is 12.2. The molecule has 0 aliphatic heterocycles. The fourth-order valence-corrected chi connectivity index (χ4v) is 2.06. The molecule has 1 aromatic heterocycles. The number of rotatable bonds is 2. The van der Waals surface area contributed by atoms with Crippen LogP contribution in [-0.2, 0) is 0 Å². The molecular weight excluding hydrogens is 283 g/mol. The van der Waals surface area contributed by atoms with Crippen molar-refractivity contribution in [3.63, 3.8) is 0 Å². The maximum atomic E-state index is 12.2. The molecule has 0 saturated heterocycles. The van der Waals surface area contributed by atoms with Crippen LogP contribution in [0.1, 0.15) is 25.2 Å². The van der Waals surface area contributed by atoms with Crippen LogP contribution >= 0.6 is 27.3 Å². The Morgan fingerprint density at radius 1 is 1.57 bits per heavy atom. The summed E-state index contributed by atoms with van der Waals surface area (Å²) < 4.78 is 36.6. The van der Waals surface area contributed by atoms with Gasteiger partial charge >= 0.3 is 6.18 Å². The molecule has 2 nitrogen and oxygen atoms in total. The first-order valence-corrected chi connectivity index (χ1v) is 5.22. The van der Waals surface area contributed by atoms with E-state index in [4.69, 9.17) is 0 Å². The molecule has 0 aliphatic carbocycles. The number of carbonyl (C=O) groups is 1. The van der Waals surface area contributed by atoms with Crippen molar-refractivity contribution in [2.75, 3.05) is 0 Å². The number of hydrogen-bond donors (Lipinski definition) is 0. The normalized spacial score (nSPS) is 14.1. The molecule has 0 spiro atoms. The van der Waals surface area contributed by atoms with Crippen molar-refractivity contribution >= 4 is 33.6 Å². The molecule has 1 heterocycles. The van der Waals surface area contributed by atoms with E-state index in [0.29, 0.717) is 12.0 Å². The van der Waals surface area contributed by atoms with Gasteiger partial charge in [0.2, 0.25) is 0 Å². The highest BCUT2D eigenvalue weighted by molar-refractivity contribution is 9.09. The molecule has 0 N–H and O–H groups in total. The van der Waals surface area contributed by atoms with Crippen LogP contribution in [0.4, 0.5) is 13.2 Å². The van der Waals surface area contributed by atoms with Crippen LogP contribution in [-0.4, -0.2) is 17.4 Å². The number of thiazole rings is 1. The molecule has 0 saturated carbocycles. The fraction of sp³-hybridized carbons (Fsp3) is 0.429. The van der Waals surface area contributed by atoms with Crippen molar-refractivity contribution in [3.8, 4) is 0 Å². The van der Waals surface area contributed by atoms with Crippen LogP contribution in [0.2, 0.25) is 0 Å². The Kier molecular flexibility index (Phi) is 3.31. The highest BCUT2D eigenvalue weighted by atomic mass is 79.9. The van der Waals surface area contributed by atoms with Gasteiger partial charge in [-0.3, -0.25) is 4.79 Å². The number of hydrogen-bond acceptors (Lipinski definition) is 3. The second-order valence-electron chi connectivity index (χ2n) is 2.52. The molecule has 0 aromatic carbocycles. The van der Waals surface area contributed by atoms with Gasteiger partial charge in [0.25, 0.3) is 0 Å². The maximum Gasteiger partial charge on any atom is 0.407 e. The molecule has 1 rings (SSSR count). The third-order valence-corrected chi connectivity index (χ3v) is 3.86. The SMILES string of the molecule is Cc1nc(C(Br)C(F)(F)F)sc1C=O. The van der Waals surface area contributed by atoms with Crippen molar-refractivity contribution in [2.45, 2.75) is 17.9 Å². The lowest BCUT2D eigenvalue weighted by atomic mass is 10.4. The average Bonchev–Trinajstić information content (AvgIpc) is 2.43. The molecule has 14 heavy (non-hydrogen) atoms. The number of halogens is 4. The fourth-order valence-electron chi connectivity index (χ4n) is 0.787. The molecule has 0 amide bonds. The Morgan fingerprint density at radius 2 is 2.14 bits per heavy atom. The quantitative estimate of drug-likeness (QED) is 0.617. The van der Waals surface area contributed by atoms with Crippen LogP contribution in [0.25, 0.3) is 0 Å². The third-order valence-electron chi connectivity index (χ3n) is 1.46. The molecule has 7 heteroatoms. The largest absolute Gasteiger partial charge is 0.407 e. The second-order valence-corrected chi connectivity index (χ2v) is 4.50. The third kappa shape index (κ3) is 2.33. The Balaban J connectivity index is 3.03. The first-order chi connectivity index (χ1) is 6.36. The van der Waals surface area contributed by atoms with Crippen molar-refractivity contribution in [3.05, 3.63) is 15.6 Å². The van der Waals surface area contributed by atoms with Gasteiger partial charge in [-0.25, -0.2) is 4.98 Å². The zero-order chi connectivity index (χ0) is 10.9. The van der Waals surface area contributed by atoms with Gasteiger partial charge in [-0.2, -0.15) is 13.2 Å². The van der Waals surface area contributed by atoms with E-state index in [1.807, 2.05) is 0 Å². The van der Waals surface area contributed by atoms with E-state index in [1.54, 1.807) is 0 Å². The summed E-state index contributed by atoms with van der Waals surface area (Å²) in [5, 5.41) is -0.142. The molecule has 1 unspecified atom stereocenters. The van der Waals surface area contributed by atoms with Crippen molar-refractivity contribution in [2.24, 2.45) is 0 Å². The molecule has 0 aliphatic rings. The van der Waals surface area contributed by atoms with E-state index in [0.717, 1.165) is 11.3 Å². The second kappa shape index (κ2) is 3.98. The lowest BCUT2D eigenvalue weighted by Crippen LogP contribution is -2.14. The number of aldehydes is 1. The highest BCUT2D eigenvalue weighted by Gasteiger charge is 2.41. The highest BCUT2D eigenvalue weighted by Crippen LogP contribution is 2.41. The van der Waals surface area contributed by atoms with Gasteiger partial charge in [-0.05, 0) is 6.92 Å². The zero-order valence-electron chi connectivity index (χ0n) is 6.93. The average molecular weight is 288 g/mol. The molecule has 0 radical (unpaired) electrons. The lowest BCUT2D eigenvalue weighted by Gasteiger charge is -2.10. The molecule has 78 valence electrons. The monoisotopic (exact) mass is 287 g/mol. The van der Waals surface area contributed by atoms with Gasteiger partial charge in [0, 0.05) is 0 Å². The number of aryl methyl sites for hydroxylation is 1. The molecule has 1 aromatic rings. The van der Waals surface area contributed by atoms with Crippen LogP contribution in [0.3, 0.4) is 0 Å².